The number of anilines is 1. The SMILES string of the molecule is CC(C)c1ccc(N2CCCO2)cc1.NCF. The van der Waals surface area contributed by atoms with Crippen LogP contribution in [0.25, 0.3) is 0 Å². The highest BCUT2D eigenvalue weighted by molar-refractivity contribution is 5.46. The number of nitrogens with two attached hydrogens (primary N) is 1. The van der Waals surface area contributed by atoms with E-state index in [0.29, 0.717) is 5.92 Å². The zero-order valence-electron chi connectivity index (χ0n) is 10.5. The Hall–Kier alpha value is -1.13. The van der Waals surface area contributed by atoms with Crippen LogP contribution in [-0.4, -0.2) is 20.0 Å². The number of alkyl halides is 1. The normalized spacial score (nSPS) is 14.8. The predicted molar refractivity (Wildman–Crippen MR) is 68.6 cm³/mol. The van der Waals surface area contributed by atoms with Gasteiger partial charge >= 0.3 is 0 Å². The molecule has 0 atom stereocenters. The van der Waals surface area contributed by atoms with E-state index in [1.807, 2.05) is 5.06 Å². The van der Waals surface area contributed by atoms with Gasteiger partial charge in [0.15, 0.2) is 0 Å². The van der Waals surface area contributed by atoms with Crippen LogP contribution in [0.1, 0.15) is 31.7 Å². The van der Waals surface area contributed by atoms with Gasteiger partial charge in [-0.1, -0.05) is 26.0 Å². The number of rotatable bonds is 2. The van der Waals surface area contributed by atoms with E-state index in [4.69, 9.17) is 4.84 Å². The molecule has 1 fully saturated rings. The van der Waals surface area contributed by atoms with Crippen LogP contribution >= 0.6 is 0 Å². The zero-order chi connectivity index (χ0) is 12.7. The second kappa shape index (κ2) is 7.25. The van der Waals surface area contributed by atoms with E-state index in [9.17, 15) is 4.39 Å². The number of hydroxylamine groups is 1. The molecule has 1 aliphatic heterocycles. The van der Waals surface area contributed by atoms with Crippen LogP contribution < -0.4 is 10.8 Å². The summed E-state index contributed by atoms with van der Waals surface area (Å²) in [5.41, 5.74) is 6.74. The molecule has 3 nitrogen and oxygen atoms in total. The number of benzene rings is 1. The van der Waals surface area contributed by atoms with Crippen LogP contribution in [0.15, 0.2) is 24.3 Å². The maximum Gasteiger partial charge on any atom is 0.138 e. The van der Waals surface area contributed by atoms with E-state index in [2.05, 4.69) is 43.8 Å². The van der Waals surface area contributed by atoms with Crippen molar-refractivity contribution in [3.05, 3.63) is 29.8 Å². The molecule has 0 aromatic heterocycles. The lowest BCUT2D eigenvalue weighted by atomic mass is 10.0. The van der Waals surface area contributed by atoms with Crippen LogP contribution in [0.4, 0.5) is 10.1 Å². The van der Waals surface area contributed by atoms with Crippen molar-refractivity contribution in [2.75, 3.05) is 25.0 Å². The third kappa shape index (κ3) is 4.32. The summed E-state index contributed by atoms with van der Waals surface area (Å²) in [6.45, 7) is 5.54. The van der Waals surface area contributed by atoms with Gasteiger partial charge in [0.2, 0.25) is 0 Å². The second-order valence-corrected chi connectivity index (χ2v) is 4.19. The molecule has 0 bridgehead atoms. The van der Waals surface area contributed by atoms with Crippen molar-refractivity contribution >= 4 is 5.69 Å². The number of halogens is 1. The molecule has 1 aliphatic rings. The van der Waals surface area contributed by atoms with E-state index in [0.717, 1.165) is 19.6 Å². The van der Waals surface area contributed by atoms with Gasteiger partial charge in [0, 0.05) is 6.54 Å². The molecule has 4 heteroatoms. The van der Waals surface area contributed by atoms with E-state index >= 15 is 0 Å². The fourth-order valence-corrected chi connectivity index (χ4v) is 1.68. The maximum atomic E-state index is 10.1. The summed E-state index contributed by atoms with van der Waals surface area (Å²) in [6, 6.07) is 8.64. The summed E-state index contributed by atoms with van der Waals surface area (Å²) >= 11 is 0. The number of nitrogens with zero attached hydrogens (tertiary/aromatic N) is 1. The van der Waals surface area contributed by atoms with Crippen molar-refractivity contribution in [3.63, 3.8) is 0 Å². The molecular formula is C13H21FN2O. The van der Waals surface area contributed by atoms with Gasteiger partial charge in [0.1, 0.15) is 6.80 Å². The van der Waals surface area contributed by atoms with Crippen LogP contribution in [0.3, 0.4) is 0 Å². The average Bonchev–Trinajstić information content (AvgIpc) is 2.83. The molecule has 0 aliphatic carbocycles. The Bertz CT molecular complexity index is 308. The van der Waals surface area contributed by atoms with Crippen molar-refractivity contribution in [1.82, 2.24) is 0 Å². The first-order valence-corrected chi connectivity index (χ1v) is 5.95. The minimum Gasteiger partial charge on any atom is -0.304 e. The Morgan fingerprint density at radius 1 is 1.35 bits per heavy atom. The molecule has 0 saturated carbocycles. The van der Waals surface area contributed by atoms with E-state index in [1.165, 1.54) is 11.3 Å². The van der Waals surface area contributed by atoms with Crippen molar-refractivity contribution in [2.45, 2.75) is 26.2 Å². The summed E-state index contributed by atoms with van der Waals surface area (Å²) in [7, 11) is 0. The molecule has 2 N–H and O–H groups in total. The van der Waals surface area contributed by atoms with Crippen molar-refractivity contribution in [2.24, 2.45) is 5.73 Å². The first-order valence-electron chi connectivity index (χ1n) is 5.95. The molecule has 17 heavy (non-hydrogen) atoms. The van der Waals surface area contributed by atoms with Gasteiger partial charge in [-0.3, -0.25) is 9.90 Å². The maximum absolute atomic E-state index is 10.1. The minimum absolute atomic E-state index is 0.601. The van der Waals surface area contributed by atoms with E-state index < -0.39 is 6.80 Å². The van der Waals surface area contributed by atoms with Gasteiger partial charge in [-0.25, -0.2) is 4.39 Å². The number of hydrogen-bond acceptors (Lipinski definition) is 3. The predicted octanol–water partition coefficient (Wildman–Crippen LogP) is 2.82. The van der Waals surface area contributed by atoms with Crippen molar-refractivity contribution < 1.29 is 9.23 Å². The molecule has 0 spiro atoms. The molecule has 0 radical (unpaired) electrons. The Labute approximate surface area is 102 Å². The third-order valence-electron chi connectivity index (χ3n) is 2.60. The quantitative estimate of drug-likeness (QED) is 0.808. The van der Waals surface area contributed by atoms with E-state index in [-0.39, 0.29) is 0 Å². The molecular weight excluding hydrogens is 219 g/mol. The Morgan fingerprint density at radius 3 is 2.35 bits per heavy atom. The topological polar surface area (TPSA) is 38.5 Å². The summed E-state index contributed by atoms with van der Waals surface area (Å²) in [5.74, 6) is 0.601. The first kappa shape index (κ1) is 13.9. The summed E-state index contributed by atoms with van der Waals surface area (Å²) < 4.78 is 10.1. The molecule has 96 valence electrons. The molecule has 2 rings (SSSR count). The summed E-state index contributed by atoms with van der Waals surface area (Å²) in [4.78, 5) is 5.47. The average molecular weight is 240 g/mol. The first-order chi connectivity index (χ1) is 8.19. The van der Waals surface area contributed by atoms with Gasteiger partial charge in [0.25, 0.3) is 0 Å². The Morgan fingerprint density at radius 2 is 1.94 bits per heavy atom. The highest BCUT2D eigenvalue weighted by atomic mass is 19.1. The van der Waals surface area contributed by atoms with Crippen LogP contribution in [0.2, 0.25) is 0 Å². The second-order valence-electron chi connectivity index (χ2n) is 4.19. The molecule has 1 aromatic carbocycles. The fraction of sp³-hybridized carbons (Fsp3) is 0.538. The summed E-state index contributed by atoms with van der Waals surface area (Å²) in [6.07, 6.45) is 1.13. The van der Waals surface area contributed by atoms with Gasteiger partial charge in [-0.05, 0) is 30.0 Å². The van der Waals surface area contributed by atoms with Crippen molar-refractivity contribution in [3.8, 4) is 0 Å². The Balaban J connectivity index is 0.000000437. The standard InChI is InChI=1S/C12H17NO.CH4FN/c1-10(2)11-4-6-12(7-5-11)13-8-3-9-14-13;2-1-3/h4-7,10H,3,8-9H2,1-2H3;1,3H2. The Kier molecular flexibility index (Phi) is 5.94. The van der Waals surface area contributed by atoms with Crippen LogP contribution in [0, 0.1) is 0 Å². The van der Waals surface area contributed by atoms with Crippen LogP contribution in [-0.2, 0) is 4.84 Å². The largest absolute Gasteiger partial charge is 0.304 e. The zero-order valence-corrected chi connectivity index (χ0v) is 10.5. The lowest BCUT2D eigenvalue weighted by molar-refractivity contribution is 0.168. The van der Waals surface area contributed by atoms with Crippen molar-refractivity contribution in [1.29, 1.82) is 0 Å². The number of hydrogen-bond donors (Lipinski definition) is 1. The van der Waals surface area contributed by atoms with Gasteiger partial charge in [-0.15, -0.1) is 0 Å². The molecule has 1 aromatic rings. The van der Waals surface area contributed by atoms with Gasteiger partial charge in [-0.2, -0.15) is 0 Å². The minimum atomic E-state index is -0.750. The van der Waals surface area contributed by atoms with E-state index in [1.54, 1.807) is 0 Å². The fourth-order valence-electron chi connectivity index (χ4n) is 1.68. The lowest BCUT2D eigenvalue weighted by Gasteiger charge is -2.16. The van der Waals surface area contributed by atoms with Crippen LogP contribution in [0.5, 0.6) is 0 Å². The lowest BCUT2D eigenvalue weighted by Crippen LogP contribution is -2.15. The highest BCUT2D eigenvalue weighted by Crippen LogP contribution is 2.22. The van der Waals surface area contributed by atoms with Gasteiger partial charge < -0.3 is 5.73 Å². The molecule has 1 heterocycles. The molecule has 0 amide bonds. The highest BCUT2D eigenvalue weighted by Gasteiger charge is 2.12. The molecule has 0 unspecified atom stereocenters. The third-order valence-corrected chi connectivity index (χ3v) is 2.60. The van der Waals surface area contributed by atoms with Gasteiger partial charge in [0.05, 0.1) is 12.3 Å². The smallest absolute Gasteiger partial charge is 0.138 e. The summed E-state index contributed by atoms with van der Waals surface area (Å²) in [5, 5.41) is 1.98. The monoisotopic (exact) mass is 240 g/mol. The molecule has 1 saturated heterocycles.